The van der Waals surface area contributed by atoms with E-state index in [-0.39, 0.29) is 12.5 Å². The highest BCUT2D eigenvalue weighted by Gasteiger charge is 2.27. The Morgan fingerprint density at radius 1 is 1.42 bits per heavy atom. The van der Waals surface area contributed by atoms with E-state index in [1.807, 2.05) is 18.5 Å². The number of anilines is 1. The van der Waals surface area contributed by atoms with E-state index in [0.717, 1.165) is 36.5 Å². The standard InChI is InChI=1S/C22H28N6O2S/c1-4-15-6-9-30-20(15)18-19(22-24-8-10-31-22)25-13-26-21(18)27-17(29)12-28(3)14(2)16-5-7-23-11-16/h6,8-10,13-14,16,23H,4-5,7,11-12H2,1-3H3,(H,25,26,27,29). The summed E-state index contributed by atoms with van der Waals surface area (Å²) >= 11 is 1.49. The molecule has 164 valence electrons. The third kappa shape index (κ3) is 4.68. The number of furan rings is 1. The molecular formula is C22H28N6O2S. The quantitative estimate of drug-likeness (QED) is 0.555. The van der Waals surface area contributed by atoms with Gasteiger partial charge in [0.25, 0.3) is 0 Å². The smallest absolute Gasteiger partial charge is 0.239 e. The summed E-state index contributed by atoms with van der Waals surface area (Å²) in [5.74, 6) is 1.55. The van der Waals surface area contributed by atoms with Gasteiger partial charge in [0.15, 0.2) is 0 Å². The highest BCUT2D eigenvalue weighted by molar-refractivity contribution is 7.13. The van der Waals surface area contributed by atoms with E-state index in [9.17, 15) is 4.79 Å². The summed E-state index contributed by atoms with van der Waals surface area (Å²) in [6.45, 7) is 6.57. The van der Waals surface area contributed by atoms with Crippen LogP contribution in [0.5, 0.6) is 0 Å². The monoisotopic (exact) mass is 440 g/mol. The number of aryl methyl sites for hydroxylation is 1. The van der Waals surface area contributed by atoms with Gasteiger partial charge in [0, 0.05) is 17.6 Å². The largest absolute Gasteiger partial charge is 0.464 e. The van der Waals surface area contributed by atoms with Gasteiger partial charge in [0.2, 0.25) is 5.91 Å². The summed E-state index contributed by atoms with van der Waals surface area (Å²) in [4.78, 5) is 28.3. The second-order valence-electron chi connectivity index (χ2n) is 7.87. The lowest BCUT2D eigenvalue weighted by Gasteiger charge is -2.28. The van der Waals surface area contributed by atoms with Crippen LogP contribution in [0.1, 0.15) is 25.8 Å². The SMILES string of the molecule is CCc1ccoc1-c1c(NC(=O)CN(C)C(C)C2CCNC2)ncnc1-c1nccs1. The van der Waals surface area contributed by atoms with Crippen molar-refractivity contribution < 1.29 is 9.21 Å². The van der Waals surface area contributed by atoms with E-state index >= 15 is 0 Å². The highest BCUT2D eigenvalue weighted by Crippen LogP contribution is 2.38. The molecule has 0 aromatic carbocycles. The summed E-state index contributed by atoms with van der Waals surface area (Å²) in [7, 11) is 1.99. The first-order chi connectivity index (χ1) is 15.1. The van der Waals surface area contributed by atoms with E-state index in [2.05, 4.69) is 44.3 Å². The number of aromatic nitrogens is 3. The number of nitrogens with one attached hydrogen (secondary N) is 2. The molecule has 1 fully saturated rings. The molecule has 4 heterocycles. The highest BCUT2D eigenvalue weighted by atomic mass is 32.1. The van der Waals surface area contributed by atoms with Crippen LogP contribution in [0.3, 0.4) is 0 Å². The molecule has 1 aliphatic rings. The lowest BCUT2D eigenvalue weighted by Crippen LogP contribution is -2.41. The normalized spacial score (nSPS) is 17.2. The summed E-state index contributed by atoms with van der Waals surface area (Å²) in [6.07, 6.45) is 6.78. The Kier molecular flexibility index (Phi) is 6.74. The maximum atomic E-state index is 12.9. The summed E-state index contributed by atoms with van der Waals surface area (Å²) in [5, 5.41) is 9.05. The van der Waals surface area contributed by atoms with Crippen LogP contribution >= 0.6 is 11.3 Å². The maximum Gasteiger partial charge on any atom is 0.239 e. The minimum Gasteiger partial charge on any atom is -0.464 e. The van der Waals surface area contributed by atoms with Crippen LogP contribution in [0.25, 0.3) is 22.0 Å². The van der Waals surface area contributed by atoms with Gasteiger partial charge < -0.3 is 15.1 Å². The number of hydrogen-bond acceptors (Lipinski definition) is 8. The number of rotatable bonds is 8. The molecule has 0 bridgehead atoms. The second kappa shape index (κ2) is 9.67. The van der Waals surface area contributed by atoms with Crippen molar-refractivity contribution in [3.63, 3.8) is 0 Å². The van der Waals surface area contributed by atoms with Crippen molar-refractivity contribution in [2.45, 2.75) is 32.7 Å². The molecular weight excluding hydrogens is 412 g/mol. The molecule has 0 saturated carbocycles. The molecule has 1 amide bonds. The fourth-order valence-electron chi connectivity index (χ4n) is 4.02. The predicted octanol–water partition coefficient (Wildman–Crippen LogP) is 3.29. The summed E-state index contributed by atoms with van der Waals surface area (Å²) in [6, 6.07) is 2.25. The van der Waals surface area contributed by atoms with Gasteiger partial charge in [-0.2, -0.15) is 0 Å². The van der Waals surface area contributed by atoms with Gasteiger partial charge in [-0.3, -0.25) is 9.69 Å². The van der Waals surface area contributed by atoms with Gasteiger partial charge >= 0.3 is 0 Å². The van der Waals surface area contributed by atoms with E-state index < -0.39 is 0 Å². The maximum absolute atomic E-state index is 12.9. The molecule has 1 saturated heterocycles. The number of nitrogens with zero attached hydrogens (tertiary/aromatic N) is 4. The van der Waals surface area contributed by atoms with Crippen LogP contribution in [0, 0.1) is 5.92 Å². The number of hydrogen-bond donors (Lipinski definition) is 2. The van der Waals surface area contributed by atoms with Crippen LogP contribution < -0.4 is 10.6 Å². The van der Waals surface area contributed by atoms with Gasteiger partial charge in [0.05, 0.1) is 18.4 Å². The van der Waals surface area contributed by atoms with Crippen molar-refractivity contribution >= 4 is 23.1 Å². The second-order valence-corrected chi connectivity index (χ2v) is 8.76. The fourth-order valence-corrected chi connectivity index (χ4v) is 4.66. The average Bonchev–Trinajstić information content (AvgIpc) is 3.55. The Balaban J connectivity index is 1.60. The number of amides is 1. The molecule has 31 heavy (non-hydrogen) atoms. The van der Waals surface area contributed by atoms with Crippen molar-refractivity contribution in [2.24, 2.45) is 5.92 Å². The fraction of sp³-hybridized carbons (Fsp3) is 0.455. The van der Waals surface area contributed by atoms with Crippen LogP contribution in [0.2, 0.25) is 0 Å². The molecule has 0 aliphatic carbocycles. The van der Waals surface area contributed by atoms with Crippen molar-refractivity contribution in [1.82, 2.24) is 25.2 Å². The van der Waals surface area contributed by atoms with Crippen LogP contribution in [0.15, 0.2) is 34.7 Å². The summed E-state index contributed by atoms with van der Waals surface area (Å²) < 4.78 is 5.82. The first-order valence-electron chi connectivity index (χ1n) is 10.6. The Hall–Kier alpha value is -2.62. The molecule has 9 heteroatoms. The molecule has 0 spiro atoms. The molecule has 2 unspecified atom stereocenters. The number of carbonyl (C=O) groups excluding carboxylic acids is 1. The van der Waals surface area contributed by atoms with Crippen LogP contribution in [-0.2, 0) is 11.2 Å². The minimum absolute atomic E-state index is 0.116. The number of carbonyl (C=O) groups is 1. The van der Waals surface area contributed by atoms with E-state index in [4.69, 9.17) is 4.42 Å². The van der Waals surface area contributed by atoms with Gasteiger partial charge in [-0.25, -0.2) is 15.0 Å². The molecule has 1 aliphatic heterocycles. The number of likely N-dealkylation sites (N-methyl/N-ethyl adjacent to an activating group) is 1. The summed E-state index contributed by atoms with van der Waals surface area (Å²) in [5.41, 5.74) is 2.36. The lowest BCUT2D eigenvalue weighted by atomic mass is 9.99. The third-order valence-corrected chi connectivity index (χ3v) is 6.74. The Bertz CT molecular complexity index is 1010. The molecule has 2 N–H and O–H groups in total. The molecule has 3 aromatic heterocycles. The molecule has 4 rings (SSSR count). The third-order valence-electron chi connectivity index (χ3n) is 5.96. The van der Waals surface area contributed by atoms with Gasteiger partial charge in [-0.05, 0) is 57.5 Å². The lowest BCUT2D eigenvalue weighted by molar-refractivity contribution is -0.117. The van der Waals surface area contributed by atoms with Crippen molar-refractivity contribution in [3.05, 3.63) is 35.8 Å². The first-order valence-corrected chi connectivity index (χ1v) is 11.5. The zero-order chi connectivity index (χ0) is 21.8. The predicted molar refractivity (Wildman–Crippen MR) is 122 cm³/mol. The zero-order valence-corrected chi connectivity index (χ0v) is 18.9. The van der Waals surface area contributed by atoms with Crippen molar-refractivity contribution in [3.8, 4) is 22.0 Å². The molecule has 0 radical (unpaired) electrons. The Labute approximate surface area is 186 Å². The van der Waals surface area contributed by atoms with Crippen LogP contribution in [-0.4, -0.2) is 58.5 Å². The van der Waals surface area contributed by atoms with Crippen LogP contribution in [0.4, 0.5) is 5.82 Å². The van der Waals surface area contributed by atoms with E-state index in [1.54, 1.807) is 12.5 Å². The van der Waals surface area contributed by atoms with Gasteiger partial charge in [-0.1, -0.05) is 6.92 Å². The molecule has 2 atom stereocenters. The van der Waals surface area contributed by atoms with Crippen molar-refractivity contribution in [1.29, 1.82) is 0 Å². The first kappa shape index (κ1) is 21.6. The molecule has 3 aromatic rings. The number of thiazole rings is 1. The van der Waals surface area contributed by atoms with Crippen molar-refractivity contribution in [2.75, 3.05) is 32.0 Å². The molecule has 8 nitrogen and oxygen atoms in total. The Morgan fingerprint density at radius 2 is 2.29 bits per heavy atom. The van der Waals surface area contributed by atoms with Gasteiger partial charge in [0.1, 0.15) is 28.6 Å². The topological polar surface area (TPSA) is 96.2 Å². The minimum atomic E-state index is -0.116. The van der Waals surface area contributed by atoms with E-state index in [1.165, 1.54) is 17.7 Å². The van der Waals surface area contributed by atoms with E-state index in [0.29, 0.717) is 34.8 Å². The average molecular weight is 441 g/mol. The Morgan fingerprint density at radius 3 is 3.00 bits per heavy atom. The van der Waals surface area contributed by atoms with Gasteiger partial charge in [-0.15, -0.1) is 11.3 Å². The zero-order valence-electron chi connectivity index (χ0n) is 18.1.